The predicted octanol–water partition coefficient (Wildman–Crippen LogP) is 2.88. The molecule has 1 N–H and O–H groups in total. The summed E-state index contributed by atoms with van der Waals surface area (Å²) in [6, 6.07) is 9.62. The van der Waals surface area contributed by atoms with Gasteiger partial charge >= 0.3 is 0 Å². The first-order valence-electron chi connectivity index (χ1n) is 6.18. The number of halogens is 2. The average molecular weight is 355 g/mol. The van der Waals surface area contributed by atoms with Gasteiger partial charge in [-0.05, 0) is 36.4 Å². The highest BCUT2D eigenvalue weighted by Crippen LogP contribution is 2.32. The molecule has 5 nitrogen and oxygen atoms in total. The highest BCUT2D eigenvalue weighted by molar-refractivity contribution is 7.23. The fourth-order valence-electron chi connectivity index (χ4n) is 2.08. The minimum absolute atomic E-state index is 0.283. The lowest BCUT2D eigenvalue weighted by atomic mass is 10.1. The number of aromatic amines is 1. The molecule has 112 valence electrons. The van der Waals surface area contributed by atoms with Crippen LogP contribution >= 0.6 is 32.2 Å². The standard InChI is InChI=1S/C14H9Cl2N2O3P/c15-7-1-3-11-9(5-7)14(19)18-13(17-11)10-6-8(16)2-4-12(10)21-22-20/h1-6H,22H2,(H,17,18,19). The van der Waals surface area contributed by atoms with Gasteiger partial charge in [0.2, 0.25) is 0 Å². The maximum Gasteiger partial charge on any atom is 0.259 e. The van der Waals surface area contributed by atoms with E-state index in [2.05, 4.69) is 9.97 Å². The highest BCUT2D eigenvalue weighted by atomic mass is 35.5. The zero-order chi connectivity index (χ0) is 15.7. The molecule has 0 aliphatic heterocycles. The number of aromatic nitrogens is 2. The van der Waals surface area contributed by atoms with Crippen LogP contribution < -0.4 is 15.0 Å². The number of rotatable bonds is 3. The van der Waals surface area contributed by atoms with Crippen LogP contribution in [-0.4, -0.2) is 9.97 Å². The van der Waals surface area contributed by atoms with Gasteiger partial charge in [0.1, 0.15) is 14.9 Å². The summed E-state index contributed by atoms with van der Waals surface area (Å²) < 4.78 is 5.10. The van der Waals surface area contributed by atoms with Gasteiger partial charge in [0.25, 0.3) is 5.56 Å². The fraction of sp³-hybridized carbons (Fsp3) is 0. The summed E-state index contributed by atoms with van der Waals surface area (Å²) >= 11 is 11.9. The summed E-state index contributed by atoms with van der Waals surface area (Å²) in [7, 11) is -1.44. The Morgan fingerprint density at radius 1 is 1.14 bits per heavy atom. The van der Waals surface area contributed by atoms with E-state index < -0.39 is 9.03 Å². The molecule has 1 unspecified atom stereocenters. The summed E-state index contributed by atoms with van der Waals surface area (Å²) in [5.41, 5.74) is 0.622. The monoisotopic (exact) mass is 354 g/mol. The average Bonchev–Trinajstić information content (AvgIpc) is 2.50. The van der Waals surface area contributed by atoms with Gasteiger partial charge in [-0.25, -0.2) is 4.98 Å². The summed E-state index contributed by atoms with van der Waals surface area (Å²) in [6.45, 7) is 0. The van der Waals surface area contributed by atoms with Gasteiger partial charge in [0, 0.05) is 10.0 Å². The Morgan fingerprint density at radius 2 is 1.86 bits per heavy atom. The lowest BCUT2D eigenvalue weighted by molar-refractivity contribution is -0.162. The van der Waals surface area contributed by atoms with E-state index >= 15 is 0 Å². The predicted molar refractivity (Wildman–Crippen MR) is 88.2 cm³/mol. The van der Waals surface area contributed by atoms with Crippen LogP contribution in [0.5, 0.6) is 5.75 Å². The highest BCUT2D eigenvalue weighted by Gasteiger charge is 2.13. The van der Waals surface area contributed by atoms with Crippen LogP contribution in [0.3, 0.4) is 0 Å². The zero-order valence-electron chi connectivity index (χ0n) is 11.0. The molecule has 0 saturated carbocycles. The summed E-state index contributed by atoms with van der Waals surface area (Å²) in [5, 5.41) is 1.28. The topological polar surface area (TPSA) is 78.0 Å². The van der Waals surface area contributed by atoms with Gasteiger partial charge in [-0.15, -0.1) is 0 Å². The van der Waals surface area contributed by atoms with Crippen LogP contribution in [0.1, 0.15) is 0 Å². The molecule has 0 bridgehead atoms. The SMILES string of the molecule is O=c1[nH]c(-c2cc(Cl)ccc2O[PH2+][O-])nc2ccc(Cl)cc12. The molecule has 1 aromatic heterocycles. The maximum absolute atomic E-state index is 12.2. The van der Waals surface area contributed by atoms with Gasteiger partial charge in [-0.2, -0.15) is 0 Å². The molecule has 0 spiro atoms. The third-order valence-electron chi connectivity index (χ3n) is 3.04. The first-order chi connectivity index (χ1) is 10.6. The molecule has 0 aliphatic carbocycles. The maximum atomic E-state index is 12.2. The van der Waals surface area contributed by atoms with Gasteiger partial charge in [0.05, 0.1) is 16.5 Å². The Hall–Kier alpha value is -1.65. The van der Waals surface area contributed by atoms with Crippen molar-refractivity contribution in [2.45, 2.75) is 0 Å². The quantitative estimate of drug-likeness (QED) is 0.733. The van der Waals surface area contributed by atoms with Crippen LogP contribution in [0.25, 0.3) is 22.3 Å². The van der Waals surface area contributed by atoms with E-state index in [4.69, 9.17) is 27.7 Å². The third kappa shape index (κ3) is 2.94. The van der Waals surface area contributed by atoms with E-state index in [1.807, 2.05) is 0 Å². The smallest absolute Gasteiger partial charge is 0.259 e. The van der Waals surface area contributed by atoms with Crippen LogP contribution in [0.4, 0.5) is 0 Å². The number of fused-ring (bicyclic) bond motifs is 1. The van der Waals surface area contributed by atoms with Crippen molar-refractivity contribution in [2.24, 2.45) is 0 Å². The van der Waals surface area contributed by atoms with E-state index in [0.29, 0.717) is 32.3 Å². The molecule has 0 amide bonds. The van der Waals surface area contributed by atoms with Crippen molar-refractivity contribution in [2.75, 3.05) is 0 Å². The second-order valence-corrected chi connectivity index (χ2v) is 5.73. The second-order valence-electron chi connectivity index (χ2n) is 4.43. The largest absolute Gasteiger partial charge is 0.652 e. The molecule has 8 heteroatoms. The van der Waals surface area contributed by atoms with Crippen molar-refractivity contribution < 1.29 is 9.42 Å². The number of nitrogens with one attached hydrogen (secondary N) is 1. The summed E-state index contributed by atoms with van der Waals surface area (Å²) in [4.78, 5) is 30.0. The molecule has 1 heterocycles. The normalized spacial score (nSPS) is 11.4. The van der Waals surface area contributed by atoms with E-state index in [-0.39, 0.29) is 11.4 Å². The molecule has 0 radical (unpaired) electrons. The fourth-order valence-corrected chi connectivity index (χ4v) is 2.73. The first-order valence-corrected chi connectivity index (χ1v) is 7.88. The van der Waals surface area contributed by atoms with Crippen molar-refractivity contribution in [1.82, 2.24) is 9.97 Å². The van der Waals surface area contributed by atoms with Gasteiger partial charge < -0.3 is 14.4 Å². The van der Waals surface area contributed by atoms with Crippen molar-refractivity contribution >= 4 is 43.1 Å². The minimum Gasteiger partial charge on any atom is -0.652 e. The molecule has 3 rings (SSSR count). The number of H-pyrrole nitrogens is 1. The summed E-state index contributed by atoms with van der Waals surface area (Å²) in [6.07, 6.45) is 0. The van der Waals surface area contributed by atoms with Crippen LogP contribution in [0.2, 0.25) is 10.0 Å². The number of nitrogens with zero attached hydrogens (tertiary/aromatic N) is 1. The Balaban J connectivity index is 2.25. The molecule has 3 aromatic rings. The Bertz CT molecular complexity index is 914. The molecule has 0 saturated heterocycles. The minimum atomic E-state index is -1.44. The van der Waals surface area contributed by atoms with Crippen LogP contribution in [0.15, 0.2) is 41.2 Å². The molecular weight excluding hydrogens is 346 g/mol. The Kier molecular flexibility index (Phi) is 4.32. The van der Waals surface area contributed by atoms with Crippen LogP contribution in [0, 0.1) is 0 Å². The van der Waals surface area contributed by atoms with Crippen molar-refractivity contribution in [3.8, 4) is 17.1 Å². The third-order valence-corrected chi connectivity index (χ3v) is 3.86. The van der Waals surface area contributed by atoms with Gasteiger partial charge in [-0.3, -0.25) is 4.79 Å². The van der Waals surface area contributed by atoms with E-state index in [9.17, 15) is 9.69 Å². The van der Waals surface area contributed by atoms with Crippen molar-refractivity contribution in [3.63, 3.8) is 0 Å². The molecular formula is C14H9Cl2N2O3P. The van der Waals surface area contributed by atoms with Crippen molar-refractivity contribution in [1.29, 1.82) is 0 Å². The molecule has 22 heavy (non-hydrogen) atoms. The van der Waals surface area contributed by atoms with E-state index in [1.54, 1.807) is 36.4 Å². The van der Waals surface area contributed by atoms with Crippen LogP contribution in [-0.2, 0) is 0 Å². The van der Waals surface area contributed by atoms with E-state index in [0.717, 1.165) is 0 Å². The summed E-state index contributed by atoms with van der Waals surface area (Å²) in [5.74, 6) is 0.621. The van der Waals surface area contributed by atoms with Gasteiger partial charge in [0.15, 0.2) is 5.75 Å². The Morgan fingerprint density at radius 3 is 2.64 bits per heavy atom. The lowest BCUT2D eigenvalue weighted by Gasteiger charge is -2.09. The zero-order valence-corrected chi connectivity index (χ0v) is 13.6. The second kappa shape index (κ2) is 6.23. The van der Waals surface area contributed by atoms with Crippen molar-refractivity contribution in [3.05, 3.63) is 56.8 Å². The molecule has 2 aromatic carbocycles. The molecule has 1 atom stereocenters. The first kappa shape index (κ1) is 15.3. The number of hydrogen-bond acceptors (Lipinski definition) is 4. The molecule has 0 fully saturated rings. The van der Waals surface area contributed by atoms with Gasteiger partial charge in [-0.1, -0.05) is 23.2 Å². The lowest BCUT2D eigenvalue weighted by Crippen LogP contribution is -2.10. The number of hydrogen-bond donors (Lipinski definition) is 1. The van der Waals surface area contributed by atoms with E-state index in [1.165, 1.54) is 0 Å². The number of benzene rings is 2. The molecule has 0 aliphatic rings. The Labute approximate surface area is 136 Å².